The Morgan fingerprint density at radius 1 is 1.20 bits per heavy atom. The topological polar surface area (TPSA) is 124 Å². The van der Waals surface area contributed by atoms with Crippen LogP contribution in [0.25, 0.3) is 5.52 Å². The molecule has 3 rings (SSSR count). The molecule has 0 aliphatic carbocycles. The van der Waals surface area contributed by atoms with Crippen molar-refractivity contribution in [3.05, 3.63) is 64.5 Å². The molecule has 0 aliphatic rings. The van der Waals surface area contributed by atoms with Gasteiger partial charge in [0.1, 0.15) is 11.3 Å². The fourth-order valence-electron chi connectivity index (χ4n) is 3.46. The molecule has 30 heavy (non-hydrogen) atoms. The van der Waals surface area contributed by atoms with Gasteiger partial charge in [-0.25, -0.2) is 9.31 Å². The van der Waals surface area contributed by atoms with E-state index >= 15 is 0 Å². The normalized spacial score (nSPS) is 10.9. The molecule has 2 aromatic heterocycles. The third kappa shape index (κ3) is 4.17. The van der Waals surface area contributed by atoms with E-state index in [9.17, 15) is 14.4 Å². The van der Waals surface area contributed by atoms with Gasteiger partial charge in [-0.05, 0) is 24.5 Å². The monoisotopic (exact) mass is 409 g/mol. The van der Waals surface area contributed by atoms with E-state index in [1.54, 1.807) is 17.5 Å². The molecule has 8 nitrogen and oxygen atoms in total. The number of carboxylic acids is 1. The second-order valence-electron chi connectivity index (χ2n) is 7.00. The minimum Gasteiger partial charge on any atom is -0.480 e. The van der Waals surface area contributed by atoms with Gasteiger partial charge in [0.2, 0.25) is 0 Å². The molecule has 0 saturated carbocycles. The van der Waals surface area contributed by atoms with Crippen LogP contribution in [0.3, 0.4) is 0 Å². The highest BCUT2D eigenvalue weighted by Crippen LogP contribution is 2.32. The van der Waals surface area contributed by atoms with Crippen molar-refractivity contribution in [3.63, 3.8) is 0 Å². The first-order valence-corrected chi connectivity index (χ1v) is 9.60. The van der Waals surface area contributed by atoms with Crippen LogP contribution in [-0.4, -0.2) is 39.0 Å². The van der Waals surface area contributed by atoms with Crippen molar-refractivity contribution in [2.24, 2.45) is 5.73 Å². The first-order chi connectivity index (χ1) is 14.3. The number of rotatable bonds is 9. The summed E-state index contributed by atoms with van der Waals surface area (Å²) < 4.78 is 7.08. The molecular formula is C22H23N3O5. The Balaban J connectivity index is 2.31. The Bertz CT molecular complexity index is 1120. The number of aromatic nitrogens is 2. The summed E-state index contributed by atoms with van der Waals surface area (Å²) in [6.07, 6.45) is 1.92. The minimum absolute atomic E-state index is 0.0874. The lowest BCUT2D eigenvalue weighted by Crippen LogP contribution is -2.24. The first-order valence-electron chi connectivity index (χ1n) is 9.60. The van der Waals surface area contributed by atoms with Crippen LogP contribution in [0.1, 0.15) is 46.2 Å². The molecule has 0 aliphatic heterocycles. The highest BCUT2D eigenvalue weighted by Gasteiger charge is 2.28. The van der Waals surface area contributed by atoms with Crippen LogP contribution < -0.4 is 10.5 Å². The molecule has 0 saturated heterocycles. The molecule has 1 aromatic carbocycles. The number of hydrogen-bond acceptors (Lipinski definition) is 5. The van der Waals surface area contributed by atoms with Crippen LogP contribution in [-0.2, 0) is 22.4 Å². The fraction of sp³-hybridized carbons (Fsp3) is 0.273. The van der Waals surface area contributed by atoms with E-state index in [0.717, 1.165) is 12.0 Å². The van der Waals surface area contributed by atoms with Gasteiger partial charge in [0.25, 0.3) is 11.7 Å². The minimum atomic E-state index is -1.16. The summed E-state index contributed by atoms with van der Waals surface area (Å²) in [6, 6.07) is 11.2. The predicted molar refractivity (Wildman–Crippen MR) is 110 cm³/mol. The summed E-state index contributed by atoms with van der Waals surface area (Å²) in [5.74, 6) is -2.94. The molecule has 3 aromatic rings. The number of aryl methyl sites for hydroxylation is 1. The van der Waals surface area contributed by atoms with E-state index in [1.165, 1.54) is 0 Å². The zero-order chi connectivity index (χ0) is 21.8. The lowest BCUT2D eigenvalue weighted by molar-refractivity contribution is -0.139. The maximum atomic E-state index is 12.7. The SMILES string of the molecule is CCCc1cc(OCC(=O)O)c2c(C(=O)C(N)=O)c(C)c(Cc3ccccc3)n2n1. The molecule has 0 spiro atoms. The van der Waals surface area contributed by atoms with Crippen LogP contribution in [0, 0.1) is 6.92 Å². The molecule has 0 bridgehead atoms. The van der Waals surface area contributed by atoms with Gasteiger partial charge < -0.3 is 15.6 Å². The number of carbonyl (C=O) groups excluding carboxylic acids is 2. The van der Waals surface area contributed by atoms with E-state index in [0.29, 0.717) is 29.8 Å². The smallest absolute Gasteiger partial charge is 0.341 e. The average molecular weight is 409 g/mol. The second kappa shape index (κ2) is 8.77. The number of benzene rings is 1. The highest BCUT2D eigenvalue weighted by atomic mass is 16.5. The number of fused-ring (bicyclic) bond motifs is 1. The van der Waals surface area contributed by atoms with Gasteiger partial charge in [0.05, 0.1) is 17.0 Å². The van der Waals surface area contributed by atoms with Gasteiger partial charge >= 0.3 is 5.97 Å². The number of carbonyl (C=O) groups is 3. The molecule has 8 heteroatoms. The summed E-state index contributed by atoms with van der Waals surface area (Å²) in [5.41, 5.74) is 8.58. The van der Waals surface area contributed by atoms with E-state index < -0.39 is 24.3 Å². The van der Waals surface area contributed by atoms with Gasteiger partial charge in [-0.3, -0.25) is 9.59 Å². The first kappa shape index (κ1) is 21.0. The second-order valence-corrected chi connectivity index (χ2v) is 7.00. The number of nitrogens with two attached hydrogens (primary N) is 1. The molecule has 3 N–H and O–H groups in total. The van der Waals surface area contributed by atoms with E-state index in [4.69, 9.17) is 15.6 Å². The summed E-state index contributed by atoms with van der Waals surface area (Å²) in [4.78, 5) is 35.4. The molecular weight excluding hydrogens is 386 g/mol. The standard InChI is InChI=1S/C22H23N3O5/c1-3-7-15-11-17(30-12-18(26)27)20-19(21(28)22(23)29)13(2)16(25(20)24-15)10-14-8-5-4-6-9-14/h4-6,8-9,11H,3,7,10,12H2,1-2H3,(H2,23,29)(H,26,27). The van der Waals surface area contributed by atoms with Gasteiger partial charge in [-0.1, -0.05) is 43.7 Å². The number of hydrogen-bond donors (Lipinski definition) is 2. The van der Waals surface area contributed by atoms with Crippen LogP contribution in [0.4, 0.5) is 0 Å². The summed E-state index contributed by atoms with van der Waals surface area (Å²) >= 11 is 0. The fourth-order valence-corrected chi connectivity index (χ4v) is 3.46. The van der Waals surface area contributed by atoms with E-state index in [-0.39, 0.29) is 16.8 Å². The average Bonchev–Trinajstić information content (AvgIpc) is 2.98. The number of Topliss-reactive ketones (excluding diaryl/α,β-unsaturated/α-hetero) is 1. The quantitative estimate of drug-likeness (QED) is 0.413. The Morgan fingerprint density at radius 3 is 2.50 bits per heavy atom. The van der Waals surface area contributed by atoms with Crippen molar-refractivity contribution in [2.45, 2.75) is 33.1 Å². The van der Waals surface area contributed by atoms with Crippen LogP contribution in [0.2, 0.25) is 0 Å². The predicted octanol–water partition coefficient (Wildman–Crippen LogP) is 2.32. The maximum Gasteiger partial charge on any atom is 0.341 e. The third-order valence-corrected chi connectivity index (χ3v) is 4.79. The van der Waals surface area contributed by atoms with Gasteiger partial charge in [-0.2, -0.15) is 5.10 Å². The number of ether oxygens (including phenoxy) is 1. The number of amides is 1. The van der Waals surface area contributed by atoms with Gasteiger partial charge in [0.15, 0.2) is 6.61 Å². The Labute approximate surface area is 173 Å². The molecule has 0 fully saturated rings. The van der Waals surface area contributed by atoms with Crippen molar-refractivity contribution in [1.29, 1.82) is 0 Å². The number of nitrogens with zero attached hydrogens (tertiary/aromatic N) is 2. The molecule has 0 radical (unpaired) electrons. The lowest BCUT2D eigenvalue weighted by atomic mass is 10.0. The molecule has 1 amide bonds. The Hall–Kier alpha value is -3.68. The van der Waals surface area contributed by atoms with Gasteiger partial charge in [-0.15, -0.1) is 0 Å². The lowest BCUT2D eigenvalue weighted by Gasteiger charge is -2.11. The van der Waals surface area contributed by atoms with Crippen molar-refractivity contribution < 1.29 is 24.2 Å². The third-order valence-electron chi connectivity index (χ3n) is 4.79. The van der Waals surface area contributed by atoms with E-state index in [2.05, 4.69) is 5.10 Å². The van der Waals surface area contributed by atoms with E-state index in [1.807, 2.05) is 37.3 Å². The maximum absolute atomic E-state index is 12.7. The van der Waals surface area contributed by atoms with Crippen molar-refractivity contribution in [2.75, 3.05) is 6.61 Å². The zero-order valence-corrected chi connectivity index (χ0v) is 16.8. The van der Waals surface area contributed by atoms with Gasteiger partial charge in [0, 0.05) is 12.5 Å². The molecule has 0 unspecified atom stereocenters. The molecule has 156 valence electrons. The highest BCUT2D eigenvalue weighted by molar-refractivity contribution is 6.44. The molecule has 2 heterocycles. The number of ketones is 1. The number of aliphatic carboxylic acids is 1. The molecule has 0 atom stereocenters. The largest absolute Gasteiger partial charge is 0.480 e. The van der Waals surface area contributed by atoms with Crippen LogP contribution in [0.15, 0.2) is 36.4 Å². The summed E-state index contributed by atoms with van der Waals surface area (Å²) in [6.45, 7) is 3.13. The number of carboxylic acid groups (broad SMARTS) is 1. The Morgan fingerprint density at radius 2 is 1.90 bits per heavy atom. The van der Waals surface area contributed by atoms with Crippen LogP contribution in [0.5, 0.6) is 5.75 Å². The summed E-state index contributed by atoms with van der Waals surface area (Å²) in [7, 11) is 0. The Kier molecular flexibility index (Phi) is 6.15. The van der Waals surface area contributed by atoms with Crippen molar-refractivity contribution >= 4 is 23.2 Å². The number of primary amides is 1. The summed E-state index contributed by atoms with van der Waals surface area (Å²) in [5, 5.41) is 13.7. The van der Waals surface area contributed by atoms with Crippen molar-refractivity contribution in [3.8, 4) is 5.75 Å². The van der Waals surface area contributed by atoms with Crippen molar-refractivity contribution in [1.82, 2.24) is 9.61 Å². The zero-order valence-electron chi connectivity index (χ0n) is 16.8. The van der Waals surface area contributed by atoms with Crippen LogP contribution >= 0.6 is 0 Å².